The van der Waals surface area contributed by atoms with Gasteiger partial charge in [0, 0.05) is 7.05 Å². The summed E-state index contributed by atoms with van der Waals surface area (Å²) in [5, 5.41) is 6.96. The van der Waals surface area contributed by atoms with E-state index in [1.807, 2.05) is 14.0 Å². The topological polar surface area (TPSA) is 67.2 Å². The summed E-state index contributed by atoms with van der Waals surface area (Å²) in [6.07, 6.45) is 0. The number of hydrogen-bond donors (Lipinski definition) is 1. The molecule has 1 aromatic heterocycles. The van der Waals surface area contributed by atoms with Crippen LogP contribution >= 0.6 is 15.9 Å². The van der Waals surface area contributed by atoms with Crippen LogP contribution in [0.3, 0.4) is 0 Å². The van der Waals surface area contributed by atoms with Crippen LogP contribution in [0, 0.1) is 6.92 Å². The van der Waals surface area contributed by atoms with Crippen LogP contribution < -0.4 is 5.32 Å². The van der Waals surface area contributed by atoms with Crippen LogP contribution in [0.4, 0.5) is 0 Å². The first kappa shape index (κ1) is 14.0. The lowest BCUT2D eigenvalue weighted by molar-refractivity contribution is -0.148. The third-order valence-electron chi connectivity index (χ3n) is 3.44. The summed E-state index contributed by atoms with van der Waals surface area (Å²) in [4.78, 5) is 25.6. The van der Waals surface area contributed by atoms with Crippen LogP contribution in [-0.4, -0.2) is 38.6 Å². The highest BCUT2D eigenvalue weighted by molar-refractivity contribution is 9.10. The van der Waals surface area contributed by atoms with E-state index >= 15 is 0 Å². The predicted molar refractivity (Wildman–Crippen MR) is 73.3 cm³/mol. The number of aryl methyl sites for hydroxylation is 2. The number of rotatable bonds is 2. The van der Waals surface area contributed by atoms with E-state index in [1.54, 1.807) is 23.4 Å². The van der Waals surface area contributed by atoms with Crippen molar-refractivity contribution in [3.8, 4) is 0 Å². The van der Waals surface area contributed by atoms with Gasteiger partial charge in [-0.05, 0) is 36.7 Å². The maximum Gasteiger partial charge on any atom is 0.245 e. The zero-order valence-corrected chi connectivity index (χ0v) is 13.0. The maximum atomic E-state index is 12.2. The minimum atomic E-state index is -0.475. The van der Waals surface area contributed by atoms with Crippen molar-refractivity contribution in [2.75, 3.05) is 0 Å². The molecule has 1 saturated heterocycles. The molecule has 0 spiro atoms. The molecular weight excluding hydrogens is 312 g/mol. The van der Waals surface area contributed by atoms with E-state index in [0.29, 0.717) is 6.54 Å². The molecule has 0 aliphatic carbocycles. The number of halogens is 1. The largest absolute Gasteiger partial charge is 0.343 e. The smallest absolute Gasteiger partial charge is 0.245 e. The highest BCUT2D eigenvalue weighted by atomic mass is 79.9. The van der Waals surface area contributed by atoms with E-state index in [1.165, 1.54) is 0 Å². The summed E-state index contributed by atoms with van der Waals surface area (Å²) < 4.78 is 2.62. The van der Waals surface area contributed by atoms with Crippen molar-refractivity contribution in [2.24, 2.45) is 7.05 Å². The van der Waals surface area contributed by atoms with Gasteiger partial charge in [0.05, 0.1) is 22.4 Å². The van der Waals surface area contributed by atoms with Crippen LogP contribution in [0.25, 0.3) is 0 Å². The summed E-state index contributed by atoms with van der Waals surface area (Å²) in [6.45, 7) is 5.69. The SMILES string of the molecule is Cc1nn(C)c(CN2C(=O)C(C)NC(=O)C2C)c1Br. The number of carbonyl (C=O) groups excluding carboxylic acids is 2. The van der Waals surface area contributed by atoms with Gasteiger partial charge in [0.2, 0.25) is 11.8 Å². The van der Waals surface area contributed by atoms with E-state index in [-0.39, 0.29) is 11.8 Å². The number of nitrogens with one attached hydrogen (secondary N) is 1. The van der Waals surface area contributed by atoms with Crippen molar-refractivity contribution < 1.29 is 9.59 Å². The minimum Gasteiger partial charge on any atom is -0.343 e. The zero-order valence-electron chi connectivity index (χ0n) is 11.4. The first-order chi connectivity index (χ1) is 8.82. The van der Waals surface area contributed by atoms with Gasteiger partial charge in [0.1, 0.15) is 12.1 Å². The van der Waals surface area contributed by atoms with Crippen molar-refractivity contribution in [1.82, 2.24) is 20.0 Å². The Morgan fingerprint density at radius 1 is 1.37 bits per heavy atom. The Labute approximate surface area is 120 Å². The normalized spacial score (nSPS) is 23.7. The van der Waals surface area contributed by atoms with Crippen LogP contribution in [0.1, 0.15) is 25.2 Å². The van der Waals surface area contributed by atoms with Crippen LogP contribution in [0.15, 0.2) is 4.47 Å². The molecule has 6 nitrogen and oxygen atoms in total. The molecule has 7 heteroatoms. The fraction of sp³-hybridized carbons (Fsp3) is 0.583. The Morgan fingerprint density at radius 2 is 2.00 bits per heavy atom. The van der Waals surface area contributed by atoms with Gasteiger partial charge < -0.3 is 10.2 Å². The lowest BCUT2D eigenvalue weighted by atomic mass is 10.1. The number of hydrogen-bond acceptors (Lipinski definition) is 3. The van der Waals surface area contributed by atoms with Gasteiger partial charge in [-0.1, -0.05) is 0 Å². The Balaban J connectivity index is 2.30. The van der Waals surface area contributed by atoms with Gasteiger partial charge in [-0.25, -0.2) is 0 Å². The third kappa shape index (κ3) is 2.39. The molecule has 1 aliphatic rings. The van der Waals surface area contributed by atoms with Gasteiger partial charge >= 0.3 is 0 Å². The third-order valence-corrected chi connectivity index (χ3v) is 4.47. The van der Waals surface area contributed by atoms with E-state index in [2.05, 4.69) is 26.3 Å². The molecule has 2 atom stereocenters. The number of nitrogens with zero attached hydrogens (tertiary/aromatic N) is 3. The first-order valence-corrected chi connectivity index (χ1v) is 6.91. The molecule has 1 aromatic rings. The van der Waals surface area contributed by atoms with Gasteiger partial charge in [-0.2, -0.15) is 5.10 Å². The van der Waals surface area contributed by atoms with Crippen molar-refractivity contribution in [1.29, 1.82) is 0 Å². The summed E-state index contributed by atoms with van der Waals surface area (Å²) in [7, 11) is 1.83. The number of piperazine rings is 1. The molecule has 104 valence electrons. The summed E-state index contributed by atoms with van der Waals surface area (Å²) in [5.74, 6) is -0.194. The quantitative estimate of drug-likeness (QED) is 0.870. The molecule has 2 amide bonds. The first-order valence-electron chi connectivity index (χ1n) is 6.11. The average Bonchev–Trinajstić information content (AvgIpc) is 2.58. The Morgan fingerprint density at radius 3 is 2.53 bits per heavy atom. The Hall–Kier alpha value is -1.37. The fourth-order valence-corrected chi connectivity index (χ4v) is 2.67. The summed E-state index contributed by atoms with van der Waals surface area (Å²) in [6, 6.07) is -0.942. The summed E-state index contributed by atoms with van der Waals surface area (Å²) >= 11 is 3.48. The van der Waals surface area contributed by atoms with E-state index in [4.69, 9.17) is 0 Å². The predicted octanol–water partition coefficient (Wildman–Crippen LogP) is 0.726. The lowest BCUT2D eigenvalue weighted by Crippen LogP contribution is -2.61. The average molecular weight is 329 g/mol. The second-order valence-electron chi connectivity index (χ2n) is 4.84. The van der Waals surface area contributed by atoms with Gasteiger partial charge in [0.25, 0.3) is 0 Å². The molecule has 1 N–H and O–H groups in total. The molecule has 1 aliphatic heterocycles. The van der Waals surface area contributed by atoms with Crippen LogP contribution in [0.2, 0.25) is 0 Å². The fourth-order valence-electron chi connectivity index (χ4n) is 2.20. The van der Waals surface area contributed by atoms with E-state index in [0.717, 1.165) is 15.9 Å². The Bertz CT molecular complexity index is 540. The molecule has 0 bridgehead atoms. The number of carbonyl (C=O) groups is 2. The highest BCUT2D eigenvalue weighted by Gasteiger charge is 2.36. The Kier molecular flexibility index (Phi) is 3.66. The summed E-state index contributed by atoms with van der Waals surface area (Å²) in [5.41, 5.74) is 1.76. The molecule has 0 radical (unpaired) electrons. The molecule has 19 heavy (non-hydrogen) atoms. The lowest BCUT2D eigenvalue weighted by Gasteiger charge is -2.36. The van der Waals surface area contributed by atoms with Crippen molar-refractivity contribution in [3.63, 3.8) is 0 Å². The second kappa shape index (κ2) is 4.96. The minimum absolute atomic E-state index is 0.0714. The second-order valence-corrected chi connectivity index (χ2v) is 5.64. The highest BCUT2D eigenvalue weighted by Crippen LogP contribution is 2.23. The van der Waals surface area contributed by atoms with E-state index in [9.17, 15) is 9.59 Å². The van der Waals surface area contributed by atoms with Gasteiger partial charge in [0.15, 0.2) is 0 Å². The molecule has 2 unspecified atom stereocenters. The standard InChI is InChI=1S/C12H17BrN4O2/c1-6-10(13)9(16(4)15-6)5-17-8(3)11(18)14-7(2)12(17)19/h7-8H,5H2,1-4H3,(H,14,18). The monoisotopic (exact) mass is 328 g/mol. The maximum absolute atomic E-state index is 12.2. The van der Waals surface area contributed by atoms with Crippen molar-refractivity contribution >= 4 is 27.7 Å². The molecule has 2 heterocycles. The molecule has 1 fully saturated rings. The van der Waals surface area contributed by atoms with Crippen LogP contribution in [0.5, 0.6) is 0 Å². The van der Waals surface area contributed by atoms with Crippen molar-refractivity contribution in [3.05, 3.63) is 15.9 Å². The van der Waals surface area contributed by atoms with Crippen LogP contribution in [-0.2, 0) is 23.2 Å². The molecule has 2 rings (SSSR count). The molecule has 0 saturated carbocycles. The molecule has 0 aromatic carbocycles. The van der Waals surface area contributed by atoms with Gasteiger partial charge in [-0.15, -0.1) is 0 Å². The number of aromatic nitrogens is 2. The zero-order chi connectivity index (χ0) is 14.3. The molecular formula is C12H17BrN4O2. The van der Waals surface area contributed by atoms with Gasteiger partial charge in [-0.3, -0.25) is 14.3 Å². The van der Waals surface area contributed by atoms with Crippen molar-refractivity contribution in [2.45, 2.75) is 39.4 Å². The number of amides is 2. The van der Waals surface area contributed by atoms with E-state index < -0.39 is 12.1 Å².